The van der Waals surface area contributed by atoms with Crippen LogP contribution in [0.2, 0.25) is 0 Å². The lowest BCUT2D eigenvalue weighted by Crippen LogP contribution is -2.30. The fourth-order valence-corrected chi connectivity index (χ4v) is 4.32. The zero-order valence-electron chi connectivity index (χ0n) is 18.9. The first-order chi connectivity index (χ1) is 15.5. The SMILES string of the molecule is Cc1cc([C@@H](C)Nc2ccccc2C(=O)O)c2nc(N3C[C@@H](C)C(F)(F)C3)c(C)c(=O)n2c1. The van der Waals surface area contributed by atoms with Gasteiger partial charge < -0.3 is 15.3 Å². The molecule has 1 aliphatic rings. The molecular weight excluding hydrogens is 430 g/mol. The second-order valence-electron chi connectivity index (χ2n) is 8.79. The highest BCUT2D eigenvalue weighted by Crippen LogP contribution is 2.36. The van der Waals surface area contributed by atoms with Crippen LogP contribution in [0.3, 0.4) is 0 Å². The highest BCUT2D eigenvalue weighted by molar-refractivity contribution is 5.94. The van der Waals surface area contributed by atoms with Crippen molar-refractivity contribution in [3.8, 4) is 0 Å². The van der Waals surface area contributed by atoms with E-state index in [9.17, 15) is 23.5 Å². The molecule has 2 aromatic heterocycles. The summed E-state index contributed by atoms with van der Waals surface area (Å²) in [4.78, 5) is 30.9. The molecule has 1 fully saturated rings. The minimum atomic E-state index is -2.86. The number of carbonyl (C=O) groups is 1. The lowest BCUT2D eigenvalue weighted by molar-refractivity contribution is -0.0138. The zero-order valence-corrected chi connectivity index (χ0v) is 18.9. The first kappa shape index (κ1) is 22.7. The van der Waals surface area contributed by atoms with Crippen LogP contribution in [0.25, 0.3) is 5.65 Å². The summed E-state index contributed by atoms with van der Waals surface area (Å²) in [6, 6.07) is 8.00. The summed E-state index contributed by atoms with van der Waals surface area (Å²) in [6.45, 7) is 6.40. The number of aryl methyl sites for hydroxylation is 1. The van der Waals surface area contributed by atoms with Gasteiger partial charge in [-0.05, 0) is 44.5 Å². The standard InChI is InChI=1S/C24H26F2N4O3/c1-13-9-18(16(4)27-19-8-6-5-7-17(19)23(32)33)21-28-20(15(3)22(31)30(21)10-13)29-11-14(2)24(25,26)12-29/h5-10,14,16,27H,11-12H2,1-4H3,(H,32,33)/t14-,16-/m1/s1. The van der Waals surface area contributed by atoms with Crippen LogP contribution in [-0.4, -0.2) is 39.5 Å². The molecule has 1 aliphatic heterocycles. The number of para-hydroxylation sites is 1. The van der Waals surface area contributed by atoms with Crippen LogP contribution in [0, 0.1) is 19.8 Å². The number of aromatic carboxylic acids is 1. The molecule has 2 atom stereocenters. The Morgan fingerprint density at radius 1 is 1.30 bits per heavy atom. The van der Waals surface area contributed by atoms with Crippen LogP contribution >= 0.6 is 0 Å². The fourth-order valence-electron chi connectivity index (χ4n) is 4.32. The number of benzene rings is 1. The largest absolute Gasteiger partial charge is 0.478 e. The quantitative estimate of drug-likeness (QED) is 0.596. The number of carboxylic acid groups (broad SMARTS) is 1. The Morgan fingerprint density at radius 2 is 2.00 bits per heavy atom. The van der Waals surface area contributed by atoms with Gasteiger partial charge in [-0.1, -0.05) is 19.1 Å². The van der Waals surface area contributed by atoms with Gasteiger partial charge in [0.2, 0.25) is 0 Å². The number of fused-ring (bicyclic) bond motifs is 1. The van der Waals surface area contributed by atoms with Crippen molar-refractivity contribution < 1.29 is 18.7 Å². The molecule has 1 saturated heterocycles. The van der Waals surface area contributed by atoms with Gasteiger partial charge in [-0.25, -0.2) is 18.6 Å². The third kappa shape index (κ3) is 4.03. The molecule has 0 spiro atoms. The molecule has 1 aromatic carbocycles. The zero-order chi connectivity index (χ0) is 24.1. The molecule has 33 heavy (non-hydrogen) atoms. The van der Waals surface area contributed by atoms with E-state index in [4.69, 9.17) is 0 Å². The van der Waals surface area contributed by atoms with E-state index in [2.05, 4.69) is 10.3 Å². The van der Waals surface area contributed by atoms with Crippen molar-refractivity contribution in [1.29, 1.82) is 0 Å². The highest BCUT2D eigenvalue weighted by Gasteiger charge is 2.46. The van der Waals surface area contributed by atoms with E-state index < -0.39 is 30.4 Å². The predicted octanol–water partition coefficient (Wildman–Crippen LogP) is 4.27. The molecule has 0 radical (unpaired) electrons. The Hall–Kier alpha value is -3.49. The minimum absolute atomic E-state index is 0.109. The second kappa shape index (κ2) is 8.13. The third-order valence-corrected chi connectivity index (χ3v) is 6.20. The van der Waals surface area contributed by atoms with Gasteiger partial charge in [0.1, 0.15) is 11.5 Å². The molecule has 9 heteroatoms. The Kier molecular flexibility index (Phi) is 5.59. The number of halogens is 2. The molecular formula is C24H26F2N4O3. The van der Waals surface area contributed by atoms with Gasteiger partial charge in [0, 0.05) is 29.9 Å². The van der Waals surface area contributed by atoms with Crippen LogP contribution in [-0.2, 0) is 0 Å². The smallest absolute Gasteiger partial charge is 0.337 e. The van der Waals surface area contributed by atoms with Gasteiger partial charge in [0.25, 0.3) is 11.5 Å². The molecule has 174 valence electrons. The van der Waals surface area contributed by atoms with Crippen LogP contribution in [0.4, 0.5) is 20.3 Å². The van der Waals surface area contributed by atoms with Gasteiger partial charge in [0.05, 0.1) is 23.7 Å². The van der Waals surface area contributed by atoms with Crippen LogP contribution in [0.15, 0.2) is 41.3 Å². The molecule has 3 heterocycles. The van der Waals surface area contributed by atoms with E-state index in [0.717, 1.165) is 5.56 Å². The van der Waals surface area contributed by atoms with Gasteiger partial charge in [-0.3, -0.25) is 9.20 Å². The molecule has 2 N–H and O–H groups in total. The summed E-state index contributed by atoms with van der Waals surface area (Å²) in [7, 11) is 0. The fraction of sp³-hybridized carbons (Fsp3) is 0.375. The lowest BCUT2D eigenvalue weighted by atomic mass is 10.1. The Balaban J connectivity index is 1.83. The summed E-state index contributed by atoms with van der Waals surface area (Å²) in [5, 5.41) is 12.7. The molecule has 0 bridgehead atoms. The first-order valence-electron chi connectivity index (χ1n) is 10.7. The monoisotopic (exact) mass is 456 g/mol. The van der Waals surface area contributed by atoms with Crippen molar-refractivity contribution >= 4 is 23.1 Å². The van der Waals surface area contributed by atoms with Gasteiger partial charge in [0.15, 0.2) is 0 Å². The van der Waals surface area contributed by atoms with E-state index in [1.165, 1.54) is 22.3 Å². The van der Waals surface area contributed by atoms with Crippen molar-refractivity contribution in [2.75, 3.05) is 23.3 Å². The maximum absolute atomic E-state index is 14.2. The number of hydrogen-bond acceptors (Lipinski definition) is 5. The van der Waals surface area contributed by atoms with Gasteiger partial charge in [-0.15, -0.1) is 0 Å². The normalized spacial score (nSPS) is 18.5. The lowest BCUT2D eigenvalue weighted by Gasteiger charge is -2.23. The average Bonchev–Trinajstić information content (AvgIpc) is 3.02. The number of aromatic nitrogens is 2. The molecule has 3 aromatic rings. The third-order valence-electron chi connectivity index (χ3n) is 6.20. The number of nitrogens with zero attached hydrogens (tertiary/aromatic N) is 3. The Bertz CT molecular complexity index is 1300. The van der Waals surface area contributed by atoms with E-state index in [0.29, 0.717) is 22.5 Å². The van der Waals surface area contributed by atoms with Gasteiger partial charge in [-0.2, -0.15) is 0 Å². The van der Waals surface area contributed by atoms with Crippen molar-refractivity contribution in [3.63, 3.8) is 0 Å². The summed E-state index contributed by atoms with van der Waals surface area (Å²) < 4.78 is 29.9. The Morgan fingerprint density at radius 3 is 2.64 bits per heavy atom. The maximum Gasteiger partial charge on any atom is 0.337 e. The van der Waals surface area contributed by atoms with E-state index >= 15 is 0 Å². The number of nitrogens with one attached hydrogen (secondary N) is 1. The van der Waals surface area contributed by atoms with Gasteiger partial charge >= 0.3 is 5.97 Å². The number of pyridine rings is 1. The summed E-state index contributed by atoms with van der Waals surface area (Å²) in [5.41, 5.74) is 2.37. The number of hydrogen-bond donors (Lipinski definition) is 2. The molecule has 7 nitrogen and oxygen atoms in total. The number of alkyl halides is 2. The molecule has 0 aliphatic carbocycles. The van der Waals surface area contributed by atoms with Crippen molar-refractivity contribution in [2.24, 2.45) is 5.92 Å². The maximum atomic E-state index is 14.2. The average molecular weight is 456 g/mol. The summed E-state index contributed by atoms with van der Waals surface area (Å²) in [5.74, 6) is -4.50. The summed E-state index contributed by atoms with van der Waals surface area (Å²) in [6.07, 6.45) is 1.67. The predicted molar refractivity (Wildman–Crippen MR) is 123 cm³/mol. The van der Waals surface area contributed by atoms with E-state index in [-0.39, 0.29) is 23.5 Å². The van der Waals surface area contributed by atoms with Crippen LogP contribution < -0.4 is 15.8 Å². The summed E-state index contributed by atoms with van der Waals surface area (Å²) >= 11 is 0. The van der Waals surface area contributed by atoms with Crippen LogP contribution in [0.1, 0.15) is 46.9 Å². The van der Waals surface area contributed by atoms with Crippen LogP contribution in [0.5, 0.6) is 0 Å². The molecule has 0 unspecified atom stereocenters. The molecule has 0 amide bonds. The van der Waals surface area contributed by atoms with Crippen molar-refractivity contribution in [2.45, 2.75) is 39.7 Å². The van der Waals surface area contributed by atoms with E-state index in [1.54, 1.807) is 31.3 Å². The number of anilines is 2. The minimum Gasteiger partial charge on any atom is -0.478 e. The number of carboxylic acids is 1. The second-order valence-corrected chi connectivity index (χ2v) is 8.79. The Labute approximate surface area is 189 Å². The molecule has 4 rings (SSSR count). The molecule has 0 saturated carbocycles. The number of rotatable bonds is 5. The van der Waals surface area contributed by atoms with Crippen molar-refractivity contribution in [3.05, 3.63) is 69.1 Å². The van der Waals surface area contributed by atoms with E-state index in [1.807, 2.05) is 19.9 Å². The highest BCUT2D eigenvalue weighted by atomic mass is 19.3. The first-order valence-corrected chi connectivity index (χ1v) is 10.7. The van der Waals surface area contributed by atoms with Crippen molar-refractivity contribution in [1.82, 2.24) is 9.38 Å². The topological polar surface area (TPSA) is 86.9 Å².